The van der Waals surface area contributed by atoms with Gasteiger partial charge in [0.2, 0.25) is 10.0 Å². The van der Waals surface area contributed by atoms with Crippen molar-refractivity contribution in [1.82, 2.24) is 10.0 Å². The van der Waals surface area contributed by atoms with Crippen LogP contribution in [0.5, 0.6) is 0 Å². The molecule has 1 fully saturated rings. The zero-order valence-corrected chi connectivity index (χ0v) is 13.7. The molecule has 2 N–H and O–H groups in total. The SMILES string of the molecule is CNCCc1ccc(S(=O)(=O)NCC2(SC)CC2)s1. The van der Waals surface area contributed by atoms with Gasteiger partial charge in [-0.3, -0.25) is 0 Å². The second kappa shape index (κ2) is 6.13. The van der Waals surface area contributed by atoms with Gasteiger partial charge in [0, 0.05) is 16.2 Å². The maximum absolute atomic E-state index is 12.2. The number of thioether (sulfide) groups is 1. The van der Waals surface area contributed by atoms with Crippen LogP contribution in [0.2, 0.25) is 0 Å². The highest BCUT2D eigenvalue weighted by Gasteiger charge is 2.42. The maximum atomic E-state index is 12.2. The molecular weight excluding hydrogens is 300 g/mol. The third-order valence-electron chi connectivity index (χ3n) is 3.35. The van der Waals surface area contributed by atoms with E-state index in [1.165, 1.54) is 11.3 Å². The average Bonchev–Trinajstić information content (AvgIpc) is 3.03. The van der Waals surface area contributed by atoms with Crippen LogP contribution in [0.4, 0.5) is 0 Å². The van der Waals surface area contributed by atoms with Crippen molar-refractivity contribution >= 4 is 33.1 Å². The van der Waals surface area contributed by atoms with Gasteiger partial charge < -0.3 is 5.32 Å². The van der Waals surface area contributed by atoms with Crippen LogP contribution in [-0.4, -0.2) is 39.6 Å². The van der Waals surface area contributed by atoms with Crippen LogP contribution in [0.3, 0.4) is 0 Å². The molecular formula is C12H20N2O2S3. The molecule has 0 bridgehead atoms. The first kappa shape index (κ1) is 15.3. The van der Waals surface area contributed by atoms with Gasteiger partial charge in [0.05, 0.1) is 0 Å². The van der Waals surface area contributed by atoms with E-state index >= 15 is 0 Å². The smallest absolute Gasteiger partial charge is 0.250 e. The lowest BCUT2D eigenvalue weighted by atomic mass is 10.3. The first-order chi connectivity index (χ1) is 9.01. The summed E-state index contributed by atoms with van der Waals surface area (Å²) in [5.74, 6) is 0. The number of thiophene rings is 1. The topological polar surface area (TPSA) is 58.2 Å². The monoisotopic (exact) mass is 320 g/mol. The van der Waals surface area contributed by atoms with E-state index in [4.69, 9.17) is 0 Å². The summed E-state index contributed by atoms with van der Waals surface area (Å²) in [6.45, 7) is 1.41. The highest BCUT2D eigenvalue weighted by Crippen LogP contribution is 2.46. The van der Waals surface area contributed by atoms with Crippen molar-refractivity contribution in [1.29, 1.82) is 0 Å². The number of rotatable bonds is 8. The lowest BCUT2D eigenvalue weighted by Gasteiger charge is -2.12. The van der Waals surface area contributed by atoms with Gasteiger partial charge in [-0.05, 0) is 51.2 Å². The van der Waals surface area contributed by atoms with Crippen LogP contribution in [0.25, 0.3) is 0 Å². The lowest BCUT2D eigenvalue weighted by molar-refractivity contribution is 0.582. The van der Waals surface area contributed by atoms with Crippen molar-refractivity contribution in [3.8, 4) is 0 Å². The Balaban J connectivity index is 1.97. The highest BCUT2D eigenvalue weighted by atomic mass is 32.2. The fourth-order valence-corrected chi connectivity index (χ4v) is 5.12. The Hall–Kier alpha value is -0.0800. The van der Waals surface area contributed by atoms with Gasteiger partial charge in [-0.15, -0.1) is 11.3 Å². The zero-order valence-electron chi connectivity index (χ0n) is 11.2. The van der Waals surface area contributed by atoms with Gasteiger partial charge in [-0.25, -0.2) is 13.1 Å². The van der Waals surface area contributed by atoms with Crippen molar-refractivity contribution in [3.63, 3.8) is 0 Å². The van der Waals surface area contributed by atoms with E-state index < -0.39 is 10.0 Å². The molecule has 0 spiro atoms. The van der Waals surface area contributed by atoms with Gasteiger partial charge in [-0.2, -0.15) is 11.8 Å². The Labute approximate surface area is 123 Å². The summed E-state index contributed by atoms with van der Waals surface area (Å²) >= 11 is 3.12. The van der Waals surface area contributed by atoms with E-state index in [0.29, 0.717) is 10.8 Å². The van der Waals surface area contributed by atoms with Crippen LogP contribution in [-0.2, 0) is 16.4 Å². The molecule has 2 rings (SSSR count). The normalized spacial score (nSPS) is 17.6. The molecule has 19 heavy (non-hydrogen) atoms. The molecule has 1 aliphatic rings. The number of likely N-dealkylation sites (N-methyl/N-ethyl adjacent to an activating group) is 1. The summed E-state index contributed by atoms with van der Waals surface area (Å²) in [6.07, 6.45) is 5.12. The Bertz CT molecular complexity index is 521. The number of hydrogen-bond acceptors (Lipinski definition) is 5. The predicted molar refractivity (Wildman–Crippen MR) is 82.6 cm³/mol. The first-order valence-electron chi connectivity index (χ1n) is 6.29. The molecule has 1 heterocycles. The van der Waals surface area contributed by atoms with Crippen LogP contribution < -0.4 is 10.0 Å². The minimum atomic E-state index is -3.33. The van der Waals surface area contributed by atoms with Crippen molar-refractivity contribution in [3.05, 3.63) is 17.0 Å². The first-order valence-corrected chi connectivity index (χ1v) is 9.82. The molecule has 1 aromatic heterocycles. The fourth-order valence-electron chi connectivity index (χ4n) is 1.78. The zero-order chi connectivity index (χ0) is 13.9. The highest BCUT2D eigenvalue weighted by molar-refractivity contribution is 8.00. The summed E-state index contributed by atoms with van der Waals surface area (Å²) < 4.78 is 27.7. The molecule has 1 saturated carbocycles. The fraction of sp³-hybridized carbons (Fsp3) is 0.667. The molecule has 0 atom stereocenters. The van der Waals surface area contributed by atoms with Gasteiger partial charge in [0.15, 0.2) is 0 Å². The molecule has 4 nitrogen and oxygen atoms in total. The second-order valence-electron chi connectivity index (χ2n) is 4.79. The van der Waals surface area contributed by atoms with Crippen LogP contribution in [0, 0.1) is 0 Å². The summed E-state index contributed by atoms with van der Waals surface area (Å²) in [5.41, 5.74) is 0. The van der Waals surface area contributed by atoms with Gasteiger partial charge >= 0.3 is 0 Å². The summed E-state index contributed by atoms with van der Waals surface area (Å²) in [6, 6.07) is 3.61. The van der Waals surface area contributed by atoms with Crippen molar-refractivity contribution < 1.29 is 8.42 Å². The van der Waals surface area contributed by atoms with Crippen LogP contribution in [0.15, 0.2) is 16.3 Å². The average molecular weight is 321 g/mol. The second-order valence-corrected chi connectivity index (χ2v) is 9.22. The molecule has 0 radical (unpaired) electrons. The number of sulfonamides is 1. The Morgan fingerprint density at radius 3 is 2.74 bits per heavy atom. The molecule has 7 heteroatoms. The Morgan fingerprint density at radius 2 is 2.16 bits per heavy atom. The van der Waals surface area contributed by atoms with Crippen molar-refractivity contribution in [2.24, 2.45) is 0 Å². The van der Waals surface area contributed by atoms with E-state index in [1.807, 2.05) is 19.4 Å². The third-order valence-corrected chi connectivity index (χ3v) is 7.81. The van der Waals surface area contributed by atoms with E-state index in [1.54, 1.807) is 17.8 Å². The van der Waals surface area contributed by atoms with E-state index in [2.05, 4.69) is 10.0 Å². The van der Waals surface area contributed by atoms with Crippen LogP contribution >= 0.6 is 23.1 Å². The van der Waals surface area contributed by atoms with Gasteiger partial charge in [0.1, 0.15) is 4.21 Å². The summed E-state index contributed by atoms with van der Waals surface area (Å²) in [7, 11) is -1.44. The van der Waals surface area contributed by atoms with E-state index in [-0.39, 0.29) is 4.75 Å². The number of hydrogen-bond donors (Lipinski definition) is 2. The Kier molecular flexibility index (Phi) is 4.94. The minimum Gasteiger partial charge on any atom is -0.319 e. The van der Waals surface area contributed by atoms with E-state index in [0.717, 1.165) is 30.7 Å². The maximum Gasteiger partial charge on any atom is 0.250 e. The van der Waals surface area contributed by atoms with Crippen molar-refractivity contribution in [2.75, 3.05) is 26.4 Å². The lowest BCUT2D eigenvalue weighted by Crippen LogP contribution is -2.31. The van der Waals surface area contributed by atoms with Gasteiger partial charge in [0.25, 0.3) is 0 Å². The molecule has 0 saturated heterocycles. The third kappa shape index (κ3) is 3.95. The van der Waals surface area contributed by atoms with Crippen molar-refractivity contribution in [2.45, 2.75) is 28.2 Å². The summed E-state index contributed by atoms with van der Waals surface area (Å²) in [4.78, 5) is 1.10. The standard InChI is InChI=1S/C12H20N2O2S3/c1-13-8-5-10-3-4-11(18-10)19(15,16)14-9-12(17-2)6-7-12/h3-4,13-14H,5-9H2,1-2H3. The molecule has 0 aliphatic heterocycles. The summed E-state index contributed by atoms with van der Waals surface area (Å²) in [5, 5.41) is 3.06. The molecule has 1 aliphatic carbocycles. The molecule has 1 aromatic rings. The van der Waals surface area contributed by atoms with E-state index in [9.17, 15) is 8.42 Å². The molecule has 0 amide bonds. The minimum absolute atomic E-state index is 0.152. The Morgan fingerprint density at radius 1 is 1.42 bits per heavy atom. The largest absolute Gasteiger partial charge is 0.319 e. The molecule has 0 unspecified atom stereocenters. The van der Waals surface area contributed by atoms with Gasteiger partial charge in [-0.1, -0.05) is 0 Å². The van der Waals surface area contributed by atoms with Crippen LogP contribution in [0.1, 0.15) is 17.7 Å². The quantitative estimate of drug-likeness (QED) is 0.765. The molecule has 108 valence electrons. The number of nitrogens with one attached hydrogen (secondary N) is 2. The molecule has 0 aromatic carbocycles. The predicted octanol–water partition coefficient (Wildman–Crippen LogP) is 1.68.